The minimum atomic E-state index is -0.752. The average molecular weight is 397 g/mol. The van der Waals surface area contributed by atoms with Gasteiger partial charge < -0.3 is 26.3 Å². The largest absolute Gasteiger partial charge is 0.494 e. The van der Waals surface area contributed by atoms with Gasteiger partial charge in [0, 0.05) is 28.4 Å². The first-order valence-electron chi connectivity index (χ1n) is 8.74. The molecule has 0 aliphatic heterocycles. The Balaban J connectivity index is 1.79. The van der Waals surface area contributed by atoms with Crippen LogP contribution in [0.4, 0.5) is 17.2 Å². The summed E-state index contributed by atoms with van der Waals surface area (Å²) < 4.78 is 5.42. The number of carboxylic acid groups (broad SMARTS) is 1. The average Bonchev–Trinajstić information content (AvgIpc) is 3.07. The lowest BCUT2D eigenvalue weighted by Gasteiger charge is -2.19. The summed E-state index contributed by atoms with van der Waals surface area (Å²) in [7, 11) is 1.55. The number of anilines is 3. The molecule has 1 aliphatic carbocycles. The molecule has 144 valence electrons. The minimum Gasteiger partial charge on any atom is -0.494 e. The highest BCUT2D eigenvalue weighted by Gasteiger charge is 2.29. The van der Waals surface area contributed by atoms with E-state index >= 15 is 0 Å². The van der Waals surface area contributed by atoms with E-state index in [2.05, 4.69) is 15.3 Å². The third-order valence-corrected chi connectivity index (χ3v) is 6.17. The van der Waals surface area contributed by atoms with Crippen molar-refractivity contribution in [3.63, 3.8) is 0 Å². The maximum Gasteiger partial charge on any atom is 0.306 e. The molecule has 8 nitrogen and oxygen atoms in total. The van der Waals surface area contributed by atoms with Crippen molar-refractivity contribution in [2.45, 2.75) is 19.3 Å². The van der Waals surface area contributed by atoms with E-state index in [0.29, 0.717) is 47.8 Å². The molecule has 28 heavy (non-hydrogen) atoms. The molecular formula is C19H19N5O3S. The number of nitrogens with one attached hydrogen (secondary N) is 2. The van der Waals surface area contributed by atoms with Crippen molar-refractivity contribution < 1.29 is 14.6 Å². The Kier molecular flexibility index (Phi) is 4.60. The SMILES string of the molecule is COc1cc(N)c(C=N)cc1Nc1ncnc2sc3c(c12)CCC(C(=O)O)C3. The highest BCUT2D eigenvalue weighted by Crippen LogP contribution is 2.41. The van der Waals surface area contributed by atoms with Crippen LogP contribution in [0, 0.1) is 11.3 Å². The number of methoxy groups -OCH3 is 1. The Hall–Kier alpha value is -3.20. The van der Waals surface area contributed by atoms with Crippen LogP contribution < -0.4 is 15.8 Å². The zero-order valence-electron chi connectivity index (χ0n) is 15.2. The fraction of sp³-hybridized carbons (Fsp3) is 0.263. The van der Waals surface area contributed by atoms with Crippen LogP contribution in [0.15, 0.2) is 18.5 Å². The van der Waals surface area contributed by atoms with E-state index in [1.54, 1.807) is 19.2 Å². The molecule has 0 amide bonds. The number of carbonyl (C=O) groups is 1. The van der Waals surface area contributed by atoms with E-state index in [-0.39, 0.29) is 5.92 Å². The van der Waals surface area contributed by atoms with Crippen LogP contribution in [-0.2, 0) is 17.6 Å². The van der Waals surface area contributed by atoms with Gasteiger partial charge >= 0.3 is 5.97 Å². The molecule has 5 N–H and O–H groups in total. The summed E-state index contributed by atoms with van der Waals surface area (Å²) in [5.74, 6) is 0.0794. The van der Waals surface area contributed by atoms with Gasteiger partial charge in [-0.05, 0) is 30.9 Å². The molecule has 0 spiro atoms. The second kappa shape index (κ2) is 7.08. The number of aryl methyl sites for hydroxylation is 1. The van der Waals surface area contributed by atoms with E-state index < -0.39 is 5.97 Å². The molecule has 0 saturated heterocycles. The third kappa shape index (κ3) is 3.03. The number of thiophene rings is 1. The van der Waals surface area contributed by atoms with Gasteiger partial charge in [0.2, 0.25) is 0 Å². The summed E-state index contributed by atoms with van der Waals surface area (Å²) in [5.41, 5.74) is 8.73. The Morgan fingerprint density at radius 3 is 3.00 bits per heavy atom. The number of hydrogen-bond acceptors (Lipinski definition) is 8. The van der Waals surface area contributed by atoms with Gasteiger partial charge in [-0.15, -0.1) is 11.3 Å². The van der Waals surface area contributed by atoms with E-state index in [1.165, 1.54) is 23.9 Å². The Morgan fingerprint density at radius 1 is 1.46 bits per heavy atom. The van der Waals surface area contributed by atoms with Crippen LogP contribution in [-0.4, -0.2) is 34.4 Å². The zero-order valence-corrected chi connectivity index (χ0v) is 16.0. The maximum atomic E-state index is 11.4. The van der Waals surface area contributed by atoms with Crippen LogP contribution in [0.25, 0.3) is 10.2 Å². The van der Waals surface area contributed by atoms with Gasteiger partial charge in [-0.1, -0.05) is 0 Å². The van der Waals surface area contributed by atoms with Crippen molar-refractivity contribution in [1.29, 1.82) is 5.41 Å². The van der Waals surface area contributed by atoms with E-state index in [4.69, 9.17) is 15.9 Å². The fourth-order valence-corrected chi connectivity index (χ4v) is 4.81. The highest BCUT2D eigenvalue weighted by atomic mass is 32.1. The summed E-state index contributed by atoms with van der Waals surface area (Å²) in [4.78, 5) is 22.0. The van der Waals surface area contributed by atoms with E-state index in [0.717, 1.165) is 20.7 Å². The normalized spacial score (nSPS) is 15.8. The quantitative estimate of drug-likeness (QED) is 0.383. The maximum absolute atomic E-state index is 11.4. The number of carboxylic acids is 1. The molecule has 1 aromatic carbocycles. The summed E-state index contributed by atoms with van der Waals surface area (Å²) in [5, 5.41) is 21.1. The predicted octanol–water partition coefficient (Wildman–Crippen LogP) is 3.21. The van der Waals surface area contributed by atoms with Crippen LogP contribution in [0.2, 0.25) is 0 Å². The number of nitrogens with zero attached hydrogens (tertiary/aromatic N) is 2. The monoisotopic (exact) mass is 397 g/mol. The summed E-state index contributed by atoms with van der Waals surface area (Å²) in [6.45, 7) is 0. The topological polar surface area (TPSA) is 134 Å². The number of hydrogen-bond donors (Lipinski definition) is 4. The number of aliphatic carboxylic acids is 1. The molecule has 1 unspecified atom stereocenters. The second-order valence-electron chi connectivity index (χ2n) is 6.63. The lowest BCUT2D eigenvalue weighted by Crippen LogP contribution is -2.21. The molecule has 0 fully saturated rings. The van der Waals surface area contributed by atoms with Crippen molar-refractivity contribution in [2.75, 3.05) is 18.2 Å². The van der Waals surface area contributed by atoms with Crippen molar-refractivity contribution in [2.24, 2.45) is 5.92 Å². The lowest BCUT2D eigenvalue weighted by molar-refractivity contribution is -0.142. The van der Waals surface area contributed by atoms with Gasteiger partial charge in [0.25, 0.3) is 0 Å². The number of aromatic nitrogens is 2. The van der Waals surface area contributed by atoms with Crippen LogP contribution >= 0.6 is 11.3 Å². The number of rotatable bonds is 5. The first-order valence-corrected chi connectivity index (χ1v) is 9.56. The van der Waals surface area contributed by atoms with Crippen LogP contribution in [0.1, 0.15) is 22.4 Å². The Bertz CT molecular complexity index is 1090. The van der Waals surface area contributed by atoms with Gasteiger partial charge in [0.05, 0.1) is 24.1 Å². The molecule has 0 bridgehead atoms. The molecule has 3 aromatic rings. The Labute approximate surface area is 164 Å². The third-order valence-electron chi connectivity index (χ3n) is 5.01. The van der Waals surface area contributed by atoms with E-state index in [1.807, 2.05) is 0 Å². The lowest BCUT2D eigenvalue weighted by atomic mass is 9.88. The highest BCUT2D eigenvalue weighted by molar-refractivity contribution is 7.19. The molecular weight excluding hydrogens is 378 g/mol. The van der Waals surface area contributed by atoms with Crippen LogP contribution in [0.5, 0.6) is 5.75 Å². The number of benzene rings is 1. The second-order valence-corrected chi connectivity index (χ2v) is 7.72. The molecule has 9 heteroatoms. The standard InChI is InChI=1S/C19H19N5O3S/c1-27-14-6-12(21)10(7-20)4-13(14)24-17-16-11-3-2-9(19(25)26)5-15(11)28-18(16)23-8-22-17/h4,6-9,20H,2-3,5,21H2,1H3,(H,25,26)(H,22,23,24). The van der Waals surface area contributed by atoms with Gasteiger partial charge in [-0.25, -0.2) is 9.97 Å². The Morgan fingerprint density at radius 2 is 2.29 bits per heavy atom. The molecule has 0 radical (unpaired) electrons. The summed E-state index contributed by atoms with van der Waals surface area (Å²) in [6.07, 6.45) is 4.48. The van der Waals surface area contributed by atoms with Crippen LogP contribution in [0.3, 0.4) is 0 Å². The van der Waals surface area contributed by atoms with Gasteiger partial charge in [0.15, 0.2) is 0 Å². The first kappa shape index (κ1) is 18.2. The molecule has 1 aliphatic rings. The molecule has 2 heterocycles. The van der Waals surface area contributed by atoms with Crippen molar-refractivity contribution in [1.82, 2.24) is 9.97 Å². The number of nitrogen functional groups attached to an aromatic ring is 1. The predicted molar refractivity (Wildman–Crippen MR) is 109 cm³/mol. The molecule has 1 atom stereocenters. The first-order chi connectivity index (χ1) is 13.5. The minimum absolute atomic E-state index is 0.350. The van der Waals surface area contributed by atoms with Crippen molar-refractivity contribution in [3.8, 4) is 5.75 Å². The summed E-state index contributed by atoms with van der Waals surface area (Å²) in [6, 6.07) is 3.41. The van der Waals surface area contributed by atoms with Crippen molar-refractivity contribution >= 4 is 50.9 Å². The zero-order chi connectivity index (χ0) is 19.8. The van der Waals surface area contributed by atoms with Gasteiger partial charge in [0.1, 0.15) is 22.7 Å². The fourth-order valence-electron chi connectivity index (χ4n) is 3.55. The smallest absolute Gasteiger partial charge is 0.306 e. The molecule has 0 saturated carbocycles. The number of ether oxygens (including phenoxy) is 1. The number of nitrogens with two attached hydrogens (primary N) is 1. The molecule has 2 aromatic heterocycles. The molecule has 4 rings (SSSR count). The number of fused-ring (bicyclic) bond motifs is 3. The van der Waals surface area contributed by atoms with Gasteiger partial charge in [-0.3, -0.25) is 4.79 Å². The van der Waals surface area contributed by atoms with Crippen molar-refractivity contribution in [3.05, 3.63) is 34.5 Å². The summed E-state index contributed by atoms with van der Waals surface area (Å²) >= 11 is 1.52. The van der Waals surface area contributed by atoms with E-state index in [9.17, 15) is 9.90 Å². The van der Waals surface area contributed by atoms with Gasteiger partial charge in [-0.2, -0.15) is 0 Å².